The molecule has 0 saturated heterocycles. The summed E-state index contributed by atoms with van der Waals surface area (Å²) in [6.45, 7) is 1.98. The third kappa shape index (κ3) is 2.66. The summed E-state index contributed by atoms with van der Waals surface area (Å²) in [5, 5.41) is 0. The average molecular weight is 198 g/mol. The van der Waals surface area contributed by atoms with Crippen LogP contribution in [0.4, 0.5) is 4.79 Å². The van der Waals surface area contributed by atoms with E-state index in [2.05, 4.69) is 17.1 Å². The Balaban J connectivity index is 2.81. The van der Waals surface area contributed by atoms with Gasteiger partial charge in [0.25, 0.3) is 0 Å². The van der Waals surface area contributed by atoms with Crippen LogP contribution in [0.15, 0.2) is 24.3 Å². The summed E-state index contributed by atoms with van der Waals surface area (Å²) < 4.78 is 8.93. The minimum atomic E-state index is -0.816. The van der Waals surface area contributed by atoms with E-state index in [1.54, 1.807) is 12.1 Å². The maximum atomic E-state index is 10.7. The highest BCUT2D eigenvalue weighted by Crippen LogP contribution is 2.18. The van der Waals surface area contributed by atoms with Crippen LogP contribution in [0.3, 0.4) is 0 Å². The van der Waals surface area contributed by atoms with Gasteiger partial charge in [-0.1, -0.05) is 25.1 Å². The lowest BCUT2D eigenvalue weighted by Crippen LogP contribution is -2.06. The van der Waals surface area contributed by atoms with Crippen LogP contribution in [-0.4, -0.2) is 6.16 Å². The zero-order chi connectivity index (χ0) is 9.68. The van der Waals surface area contributed by atoms with Crippen LogP contribution in [0.25, 0.3) is 0 Å². The molecule has 0 amide bonds. The first kappa shape index (κ1) is 9.92. The highest BCUT2D eigenvalue weighted by molar-refractivity contribution is 7.75. The Bertz CT molecular complexity index is 299. The van der Waals surface area contributed by atoms with E-state index in [1.807, 2.05) is 19.1 Å². The molecule has 13 heavy (non-hydrogen) atoms. The van der Waals surface area contributed by atoms with E-state index in [0.717, 1.165) is 12.0 Å². The Morgan fingerprint density at radius 3 is 2.77 bits per heavy atom. The highest BCUT2D eigenvalue weighted by Gasteiger charge is 2.06. The number of thiol groups is 1. The number of carbonyl (C=O) groups excluding carboxylic acids is 1. The van der Waals surface area contributed by atoms with Crippen LogP contribution in [0.1, 0.15) is 12.5 Å². The van der Waals surface area contributed by atoms with E-state index >= 15 is 0 Å². The fraction of sp³-hybridized carbons (Fsp3) is 0.222. The van der Waals surface area contributed by atoms with E-state index in [-0.39, 0.29) is 0 Å². The molecule has 0 aliphatic carbocycles. The molecule has 1 aromatic rings. The van der Waals surface area contributed by atoms with Crippen LogP contribution in [0.5, 0.6) is 5.75 Å². The fourth-order valence-corrected chi connectivity index (χ4v) is 1.04. The molecule has 70 valence electrons. The van der Waals surface area contributed by atoms with E-state index in [9.17, 15) is 4.79 Å². The van der Waals surface area contributed by atoms with Gasteiger partial charge in [-0.15, -0.1) is 0 Å². The Kier molecular flexibility index (Phi) is 3.64. The van der Waals surface area contributed by atoms with Crippen molar-refractivity contribution >= 4 is 19.1 Å². The Morgan fingerprint density at radius 2 is 2.15 bits per heavy atom. The minimum absolute atomic E-state index is 0.518. The molecule has 4 heteroatoms. The number of hydrogen-bond acceptors (Lipinski definition) is 4. The molecule has 0 aliphatic heterocycles. The number of carbonyl (C=O) groups is 1. The van der Waals surface area contributed by atoms with Crippen LogP contribution >= 0.6 is 12.9 Å². The quantitative estimate of drug-likeness (QED) is 0.343. The maximum absolute atomic E-state index is 10.7. The molecular weight excluding hydrogens is 188 g/mol. The molecule has 0 N–H and O–H groups in total. The first-order valence-electron chi connectivity index (χ1n) is 3.89. The molecule has 0 radical (unpaired) electrons. The third-order valence-corrected chi connectivity index (χ3v) is 1.77. The standard InChI is InChI=1S/C9H10O3S/c1-2-7-5-3-4-6-8(7)11-9(10)12-13/h3-6,13H,2H2,1H3. The molecule has 0 aromatic heterocycles. The zero-order valence-electron chi connectivity index (χ0n) is 7.19. The van der Waals surface area contributed by atoms with E-state index in [1.165, 1.54) is 0 Å². The second kappa shape index (κ2) is 4.77. The smallest absolute Gasteiger partial charge is 0.394 e. The van der Waals surface area contributed by atoms with E-state index < -0.39 is 6.16 Å². The van der Waals surface area contributed by atoms with Crippen LogP contribution in [0, 0.1) is 0 Å². The topological polar surface area (TPSA) is 35.5 Å². The molecule has 0 saturated carbocycles. The van der Waals surface area contributed by atoms with Gasteiger partial charge in [-0.3, -0.25) is 0 Å². The van der Waals surface area contributed by atoms with Gasteiger partial charge in [-0.2, -0.15) is 0 Å². The number of hydrogen-bond donors (Lipinski definition) is 1. The normalized spacial score (nSPS) is 9.38. The van der Waals surface area contributed by atoms with Gasteiger partial charge >= 0.3 is 6.16 Å². The Hall–Kier alpha value is -1.16. The summed E-state index contributed by atoms with van der Waals surface area (Å²) in [7, 11) is 0. The minimum Gasteiger partial charge on any atom is -0.394 e. The number of ether oxygens (including phenoxy) is 1. The second-order valence-corrected chi connectivity index (χ2v) is 2.59. The molecule has 0 aliphatic rings. The van der Waals surface area contributed by atoms with Gasteiger partial charge in [0.15, 0.2) is 0 Å². The highest BCUT2D eigenvalue weighted by atomic mass is 32.1. The van der Waals surface area contributed by atoms with Gasteiger partial charge in [0.1, 0.15) is 5.75 Å². The molecular formula is C9H10O3S. The Labute approximate surface area is 82.3 Å². The van der Waals surface area contributed by atoms with Gasteiger partial charge < -0.3 is 8.92 Å². The van der Waals surface area contributed by atoms with Gasteiger partial charge in [0, 0.05) is 12.9 Å². The number of aryl methyl sites for hydroxylation is 1. The summed E-state index contributed by atoms with van der Waals surface area (Å²) in [4.78, 5) is 10.7. The van der Waals surface area contributed by atoms with Gasteiger partial charge in [-0.25, -0.2) is 4.79 Å². The molecule has 1 rings (SSSR count). The zero-order valence-corrected chi connectivity index (χ0v) is 8.08. The summed E-state index contributed by atoms with van der Waals surface area (Å²) in [5.74, 6) is 0.518. The lowest BCUT2D eigenvalue weighted by Gasteiger charge is -2.05. The summed E-state index contributed by atoms with van der Waals surface area (Å²) >= 11 is 3.33. The van der Waals surface area contributed by atoms with Crippen LogP contribution in [0.2, 0.25) is 0 Å². The lowest BCUT2D eigenvalue weighted by atomic mass is 10.1. The number of rotatable bonds is 2. The van der Waals surface area contributed by atoms with Crippen LogP contribution in [-0.2, 0) is 10.6 Å². The monoisotopic (exact) mass is 198 g/mol. The van der Waals surface area contributed by atoms with Crippen molar-refractivity contribution in [2.45, 2.75) is 13.3 Å². The van der Waals surface area contributed by atoms with Crippen molar-refractivity contribution in [3.8, 4) is 5.75 Å². The predicted molar refractivity (Wildman–Crippen MR) is 51.9 cm³/mol. The number of benzene rings is 1. The fourth-order valence-electron chi connectivity index (χ4n) is 1.00. The van der Waals surface area contributed by atoms with Crippen molar-refractivity contribution < 1.29 is 13.7 Å². The van der Waals surface area contributed by atoms with Crippen molar-refractivity contribution in [1.29, 1.82) is 0 Å². The largest absolute Gasteiger partial charge is 0.526 e. The van der Waals surface area contributed by atoms with Crippen LogP contribution < -0.4 is 4.74 Å². The summed E-state index contributed by atoms with van der Waals surface area (Å²) in [5.41, 5.74) is 0.959. The van der Waals surface area contributed by atoms with Crippen molar-refractivity contribution in [3.05, 3.63) is 29.8 Å². The molecule has 0 spiro atoms. The van der Waals surface area contributed by atoms with Gasteiger partial charge in [0.2, 0.25) is 0 Å². The summed E-state index contributed by atoms with van der Waals surface area (Å²) in [6.07, 6.45) is -0.0139. The predicted octanol–water partition coefficient (Wildman–Crippen LogP) is 2.61. The SMILES string of the molecule is CCc1ccccc1OC(=O)OS. The Morgan fingerprint density at radius 1 is 1.46 bits per heavy atom. The molecule has 1 aromatic carbocycles. The van der Waals surface area contributed by atoms with E-state index in [4.69, 9.17) is 4.74 Å². The first-order valence-corrected chi connectivity index (χ1v) is 4.25. The lowest BCUT2D eigenvalue weighted by molar-refractivity contribution is 0.161. The van der Waals surface area contributed by atoms with Gasteiger partial charge in [0.05, 0.1) is 0 Å². The molecule has 0 heterocycles. The molecule has 0 bridgehead atoms. The molecule has 0 fully saturated rings. The van der Waals surface area contributed by atoms with Crippen molar-refractivity contribution in [3.63, 3.8) is 0 Å². The average Bonchev–Trinajstić information content (AvgIpc) is 2.18. The van der Waals surface area contributed by atoms with Gasteiger partial charge in [-0.05, 0) is 18.1 Å². The van der Waals surface area contributed by atoms with Crippen molar-refractivity contribution in [1.82, 2.24) is 0 Å². The first-order chi connectivity index (χ1) is 6.27. The second-order valence-electron chi connectivity index (χ2n) is 2.40. The molecule has 0 atom stereocenters. The van der Waals surface area contributed by atoms with Crippen molar-refractivity contribution in [2.24, 2.45) is 0 Å². The summed E-state index contributed by atoms with van der Waals surface area (Å²) in [6, 6.07) is 7.28. The number of para-hydroxylation sites is 1. The van der Waals surface area contributed by atoms with E-state index in [0.29, 0.717) is 5.75 Å². The molecule has 3 nitrogen and oxygen atoms in total. The molecule has 0 unspecified atom stereocenters. The van der Waals surface area contributed by atoms with Crippen molar-refractivity contribution in [2.75, 3.05) is 0 Å². The maximum Gasteiger partial charge on any atom is 0.526 e. The third-order valence-electron chi connectivity index (χ3n) is 1.62.